The number of thiophene rings is 1. The largest absolute Gasteiger partial charge is 0.380 e. The van der Waals surface area contributed by atoms with Crippen molar-refractivity contribution in [2.45, 2.75) is 20.4 Å². The number of hydrogen-bond donors (Lipinski definition) is 1. The van der Waals surface area contributed by atoms with E-state index in [-0.39, 0.29) is 0 Å². The summed E-state index contributed by atoms with van der Waals surface area (Å²) in [6.07, 6.45) is 0. The number of halogens is 1. The van der Waals surface area contributed by atoms with Crippen molar-refractivity contribution in [1.29, 1.82) is 0 Å². The fourth-order valence-corrected chi connectivity index (χ4v) is 2.88. The van der Waals surface area contributed by atoms with Crippen molar-refractivity contribution in [2.24, 2.45) is 0 Å². The van der Waals surface area contributed by atoms with Crippen LogP contribution in [0.3, 0.4) is 0 Å². The molecule has 0 spiro atoms. The van der Waals surface area contributed by atoms with E-state index in [4.69, 9.17) is 0 Å². The van der Waals surface area contributed by atoms with E-state index in [1.807, 2.05) is 0 Å². The third-order valence-corrected chi connectivity index (χ3v) is 4.29. The number of rotatable bonds is 3. The lowest BCUT2D eigenvalue weighted by Gasteiger charge is -2.07. The minimum absolute atomic E-state index is 0.888. The van der Waals surface area contributed by atoms with Crippen molar-refractivity contribution in [1.82, 2.24) is 0 Å². The lowest BCUT2D eigenvalue weighted by atomic mass is 10.1. The van der Waals surface area contributed by atoms with Crippen LogP contribution in [0.4, 0.5) is 5.69 Å². The maximum absolute atomic E-state index is 3.46. The van der Waals surface area contributed by atoms with E-state index in [1.165, 1.54) is 21.7 Å². The minimum atomic E-state index is 0.888. The van der Waals surface area contributed by atoms with Gasteiger partial charge in [-0.25, -0.2) is 0 Å². The quantitative estimate of drug-likeness (QED) is 0.862. The number of hydrogen-bond acceptors (Lipinski definition) is 2. The summed E-state index contributed by atoms with van der Waals surface area (Å²) >= 11 is 5.23. The smallest absolute Gasteiger partial charge is 0.0494 e. The van der Waals surface area contributed by atoms with Crippen LogP contribution in [0.2, 0.25) is 0 Å². The summed E-state index contributed by atoms with van der Waals surface area (Å²) in [7, 11) is 0. The zero-order valence-electron chi connectivity index (χ0n) is 9.38. The molecule has 0 saturated heterocycles. The highest BCUT2D eigenvalue weighted by atomic mass is 79.9. The molecule has 1 heterocycles. The zero-order chi connectivity index (χ0) is 11.5. The second-order valence-electron chi connectivity index (χ2n) is 3.88. The first-order valence-corrected chi connectivity index (χ1v) is 6.86. The SMILES string of the molecule is Cc1ccc(NCc2cc(Br)cs2)cc1C. The molecule has 1 aromatic carbocycles. The van der Waals surface area contributed by atoms with Crippen LogP contribution in [0, 0.1) is 13.8 Å². The Bertz CT molecular complexity index is 490. The summed E-state index contributed by atoms with van der Waals surface area (Å²) < 4.78 is 1.16. The predicted molar refractivity (Wildman–Crippen MR) is 75.3 cm³/mol. The molecule has 1 N–H and O–H groups in total. The summed E-state index contributed by atoms with van der Waals surface area (Å²) in [6, 6.07) is 8.63. The molecule has 1 aromatic heterocycles. The highest BCUT2D eigenvalue weighted by molar-refractivity contribution is 9.10. The van der Waals surface area contributed by atoms with Gasteiger partial charge in [0.25, 0.3) is 0 Å². The van der Waals surface area contributed by atoms with Crippen LogP contribution in [0.15, 0.2) is 34.1 Å². The monoisotopic (exact) mass is 295 g/mol. The Labute approximate surface area is 109 Å². The highest BCUT2D eigenvalue weighted by Crippen LogP contribution is 2.21. The molecule has 0 saturated carbocycles. The summed E-state index contributed by atoms with van der Waals surface area (Å²) in [5, 5.41) is 5.54. The average molecular weight is 296 g/mol. The first-order chi connectivity index (χ1) is 7.65. The van der Waals surface area contributed by atoms with Crippen molar-refractivity contribution >= 4 is 33.0 Å². The van der Waals surface area contributed by atoms with Gasteiger partial charge in [-0.2, -0.15) is 0 Å². The van der Waals surface area contributed by atoms with Crippen molar-refractivity contribution < 1.29 is 0 Å². The minimum Gasteiger partial charge on any atom is -0.380 e. The maximum atomic E-state index is 3.46. The second kappa shape index (κ2) is 5.02. The Balaban J connectivity index is 2.02. The van der Waals surface area contributed by atoms with Gasteiger partial charge in [-0.05, 0) is 59.1 Å². The molecule has 0 atom stereocenters. The molecule has 84 valence electrons. The summed E-state index contributed by atoms with van der Waals surface area (Å²) in [5.41, 5.74) is 3.86. The predicted octanol–water partition coefficient (Wildman–Crippen LogP) is 4.74. The van der Waals surface area contributed by atoms with Gasteiger partial charge < -0.3 is 5.32 Å². The third-order valence-electron chi connectivity index (χ3n) is 2.60. The van der Waals surface area contributed by atoms with E-state index in [1.54, 1.807) is 11.3 Å². The normalized spacial score (nSPS) is 10.4. The Morgan fingerprint density at radius 1 is 1.19 bits per heavy atom. The van der Waals surface area contributed by atoms with Gasteiger partial charge in [-0.3, -0.25) is 0 Å². The first-order valence-electron chi connectivity index (χ1n) is 5.19. The number of nitrogens with one attached hydrogen (secondary N) is 1. The van der Waals surface area contributed by atoms with E-state index in [0.717, 1.165) is 11.0 Å². The molecule has 16 heavy (non-hydrogen) atoms. The number of aryl methyl sites for hydroxylation is 2. The second-order valence-corrected chi connectivity index (χ2v) is 5.80. The molecule has 2 aromatic rings. The van der Waals surface area contributed by atoms with Crippen LogP contribution in [0.1, 0.15) is 16.0 Å². The van der Waals surface area contributed by atoms with Crippen molar-refractivity contribution in [3.05, 3.63) is 50.1 Å². The van der Waals surface area contributed by atoms with Crippen LogP contribution in [0.5, 0.6) is 0 Å². The van der Waals surface area contributed by atoms with E-state index in [0.29, 0.717) is 0 Å². The topological polar surface area (TPSA) is 12.0 Å². The Kier molecular flexibility index (Phi) is 3.66. The van der Waals surface area contributed by atoms with Gasteiger partial charge >= 0.3 is 0 Å². The van der Waals surface area contributed by atoms with E-state index >= 15 is 0 Å². The van der Waals surface area contributed by atoms with Crippen LogP contribution in [0.25, 0.3) is 0 Å². The van der Waals surface area contributed by atoms with Crippen LogP contribution in [-0.2, 0) is 6.54 Å². The molecule has 0 fully saturated rings. The molecule has 0 aliphatic rings. The van der Waals surface area contributed by atoms with Gasteiger partial charge in [0.15, 0.2) is 0 Å². The van der Waals surface area contributed by atoms with Crippen molar-refractivity contribution in [3.63, 3.8) is 0 Å². The molecule has 0 aliphatic heterocycles. The third kappa shape index (κ3) is 2.86. The molecular weight excluding hydrogens is 282 g/mol. The Morgan fingerprint density at radius 3 is 2.62 bits per heavy atom. The fraction of sp³-hybridized carbons (Fsp3) is 0.231. The van der Waals surface area contributed by atoms with Gasteiger partial charge in [0.1, 0.15) is 0 Å². The highest BCUT2D eigenvalue weighted by Gasteiger charge is 1.99. The summed E-state index contributed by atoms with van der Waals surface area (Å²) in [4.78, 5) is 1.34. The Hall–Kier alpha value is -0.800. The van der Waals surface area contributed by atoms with Gasteiger partial charge in [-0.15, -0.1) is 11.3 Å². The maximum Gasteiger partial charge on any atom is 0.0494 e. The molecule has 0 aliphatic carbocycles. The van der Waals surface area contributed by atoms with E-state index in [9.17, 15) is 0 Å². The lowest BCUT2D eigenvalue weighted by Crippen LogP contribution is -1.97. The molecule has 0 bridgehead atoms. The molecule has 1 nitrogen and oxygen atoms in total. The zero-order valence-corrected chi connectivity index (χ0v) is 11.8. The summed E-state index contributed by atoms with van der Waals surface area (Å²) in [6.45, 7) is 5.16. The number of anilines is 1. The first kappa shape index (κ1) is 11.7. The lowest BCUT2D eigenvalue weighted by molar-refractivity contribution is 1.18. The summed E-state index contributed by atoms with van der Waals surface area (Å²) in [5.74, 6) is 0. The Morgan fingerprint density at radius 2 is 2.00 bits per heavy atom. The number of benzene rings is 1. The molecule has 0 amide bonds. The molecule has 2 rings (SSSR count). The fourth-order valence-electron chi connectivity index (χ4n) is 1.49. The van der Waals surface area contributed by atoms with E-state index < -0.39 is 0 Å². The van der Waals surface area contributed by atoms with Gasteiger partial charge in [-0.1, -0.05) is 6.07 Å². The van der Waals surface area contributed by atoms with Gasteiger partial charge in [0.05, 0.1) is 0 Å². The standard InChI is InChI=1S/C13H14BrNS/c1-9-3-4-12(5-10(9)2)15-7-13-6-11(14)8-16-13/h3-6,8,15H,7H2,1-2H3. The van der Waals surface area contributed by atoms with Gasteiger partial charge in [0.2, 0.25) is 0 Å². The molecule has 0 radical (unpaired) electrons. The molecule has 3 heteroatoms. The van der Waals surface area contributed by atoms with Gasteiger partial charge in [0, 0.05) is 27.0 Å². The molecule has 0 unspecified atom stereocenters. The van der Waals surface area contributed by atoms with Crippen LogP contribution >= 0.6 is 27.3 Å². The van der Waals surface area contributed by atoms with Crippen LogP contribution < -0.4 is 5.32 Å². The average Bonchev–Trinajstić information content (AvgIpc) is 2.66. The van der Waals surface area contributed by atoms with E-state index in [2.05, 4.69) is 64.7 Å². The molecular formula is C13H14BrNS. The van der Waals surface area contributed by atoms with Crippen molar-refractivity contribution in [2.75, 3.05) is 5.32 Å². The van der Waals surface area contributed by atoms with Crippen molar-refractivity contribution in [3.8, 4) is 0 Å². The van der Waals surface area contributed by atoms with Crippen LogP contribution in [-0.4, -0.2) is 0 Å².